The lowest BCUT2D eigenvalue weighted by Crippen LogP contribution is -2.46. The van der Waals surface area contributed by atoms with Gasteiger partial charge >= 0.3 is 5.97 Å². The average molecular weight is 477 g/mol. The molecule has 1 atom stereocenters. The summed E-state index contributed by atoms with van der Waals surface area (Å²) in [6.45, 7) is -0.195. The van der Waals surface area contributed by atoms with E-state index >= 15 is 0 Å². The van der Waals surface area contributed by atoms with Crippen LogP contribution in [0.25, 0.3) is 0 Å². The van der Waals surface area contributed by atoms with Crippen molar-refractivity contribution in [2.24, 2.45) is 0 Å². The summed E-state index contributed by atoms with van der Waals surface area (Å²) in [7, 11) is 0. The van der Waals surface area contributed by atoms with Crippen molar-refractivity contribution in [3.63, 3.8) is 0 Å². The topological polar surface area (TPSA) is 112 Å². The van der Waals surface area contributed by atoms with Crippen LogP contribution in [0.3, 0.4) is 0 Å². The Kier molecular flexibility index (Phi) is 7.03. The standard InChI is InChI=1S/C25H20N2O6S/c28-21(20-8-4-5-13-26-20)16-32-19-11-9-17(10-12-19)14-25(22(29)27-24(31)34-25)23(30)33-15-18-6-2-1-3-7-18/h1-13H,14-16H2,(H,27,29,31). The van der Waals surface area contributed by atoms with Crippen molar-refractivity contribution in [2.75, 3.05) is 6.61 Å². The molecule has 0 aliphatic carbocycles. The number of imide groups is 1. The molecule has 1 unspecified atom stereocenters. The number of carbonyl (C=O) groups is 4. The lowest BCUT2D eigenvalue weighted by molar-refractivity contribution is -0.150. The molecular weight excluding hydrogens is 456 g/mol. The van der Waals surface area contributed by atoms with Crippen molar-refractivity contribution < 1.29 is 28.7 Å². The Morgan fingerprint density at radius 1 is 0.912 bits per heavy atom. The SMILES string of the molecule is O=C1NC(=O)C(Cc2ccc(OCC(=O)c3ccccn3)cc2)(C(=O)OCc2ccccc2)S1. The van der Waals surface area contributed by atoms with E-state index in [4.69, 9.17) is 9.47 Å². The molecule has 8 nitrogen and oxygen atoms in total. The van der Waals surface area contributed by atoms with Gasteiger partial charge in [-0.25, -0.2) is 4.79 Å². The van der Waals surface area contributed by atoms with E-state index in [0.29, 0.717) is 28.8 Å². The molecule has 1 aliphatic rings. The minimum absolute atomic E-state index is 0.0134. The molecule has 0 radical (unpaired) electrons. The highest BCUT2D eigenvalue weighted by atomic mass is 32.2. The molecule has 4 rings (SSSR count). The zero-order valence-corrected chi connectivity index (χ0v) is 18.7. The molecule has 1 saturated heterocycles. The number of nitrogens with zero attached hydrogens (tertiary/aromatic N) is 1. The second-order valence-electron chi connectivity index (χ2n) is 7.48. The number of thioether (sulfide) groups is 1. The van der Waals surface area contributed by atoms with Crippen molar-refractivity contribution in [3.05, 3.63) is 95.8 Å². The summed E-state index contributed by atoms with van der Waals surface area (Å²) in [5.74, 6) is -1.32. The Bertz CT molecular complexity index is 1200. The molecule has 172 valence electrons. The van der Waals surface area contributed by atoms with Crippen LogP contribution in [0, 0.1) is 0 Å². The Hall–Kier alpha value is -3.98. The van der Waals surface area contributed by atoms with E-state index in [2.05, 4.69) is 10.3 Å². The predicted molar refractivity (Wildman–Crippen MR) is 124 cm³/mol. The van der Waals surface area contributed by atoms with Crippen LogP contribution in [0.15, 0.2) is 79.0 Å². The number of Topliss-reactive ketones (excluding diaryl/α,β-unsaturated/α-hetero) is 1. The average Bonchev–Trinajstić information content (AvgIpc) is 3.16. The van der Waals surface area contributed by atoms with Gasteiger partial charge in [-0.3, -0.25) is 24.7 Å². The number of benzene rings is 2. The van der Waals surface area contributed by atoms with Gasteiger partial charge in [0.15, 0.2) is 6.61 Å². The summed E-state index contributed by atoms with van der Waals surface area (Å²) in [5, 5.41) is 1.58. The second-order valence-corrected chi connectivity index (χ2v) is 8.75. The van der Waals surface area contributed by atoms with E-state index < -0.39 is 21.9 Å². The maximum Gasteiger partial charge on any atom is 0.333 e. The molecule has 2 heterocycles. The van der Waals surface area contributed by atoms with Crippen LogP contribution in [-0.4, -0.2) is 39.2 Å². The van der Waals surface area contributed by atoms with Crippen molar-refractivity contribution in [1.29, 1.82) is 0 Å². The van der Waals surface area contributed by atoms with E-state index in [9.17, 15) is 19.2 Å². The fraction of sp³-hybridized carbons (Fsp3) is 0.160. The minimum atomic E-state index is -1.72. The molecule has 34 heavy (non-hydrogen) atoms. The minimum Gasteiger partial charge on any atom is -0.485 e. The van der Waals surface area contributed by atoms with Crippen LogP contribution in [0.5, 0.6) is 5.75 Å². The Balaban J connectivity index is 1.42. The highest BCUT2D eigenvalue weighted by Gasteiger charge is 2.55. The summed E-state index contributed by atoms with van der Waals surface area (Å²) >= 11 is 0.618. The van der Waals surface area contributed by atoms with Crippen molar-refractivity contribution in [1.82, 2.24) is 10.3 Å². The maximum absolute atomic E-state index is 13.0. The molecule has 1 aliphatic heterocycles. The maximum atomic E-state index is 13.0. The first-order valence-electron chi connectivity index (χ1n) is 10.4. The van der Waals surface area contributed by atoms with Crippen LogP contribution in [0.4, 0.5) is 4.79 Å². The molecule has 1 aromatic heterocycles. The van der Waals surface area contributed by atoms with Gasteiger partial charge < -0.3 is 9.47 Å². The Morgan fingerprint density at radius 3 is 2.29 bits per heavy atom. The number of pyridine rings is 1. The summed E-state index contributed by atoms with van der Waals surface area (Å²) in [6.07, 6.45) is 1.49. The number of carbonyl (C=O) groups excluding carboxylic acids is 4. The first-order chi connectivity index (χ1) is 16.5. The largest absolute Gasteiger partial charge is 0.485 e. The van der Waals surface area contributed by atoms with Crippen LogP contribution in [-0.2, 0) is 27.4 Å². The molecule has 2 amide bonds. The number of hydrogen-bond donors (Lipinski definition) is 1. The molecule has 1 N–H and O–H groups in total. The number of ether oxygens (including phenoxy) is 2. The van der Waals surface area contributed by atoms with E-state index in [0.717, 1.165) is 5.56 Å². The summed E-state index contributed by atoms with van der Waals surface area (Å²) in [6, 6.07) is 20.7. The van der Waals surface area contributed by atoms with Gasteiger partial charge in [-0.1, -0.05) is 48.5 Å². The number of nitrogens with one attached hydrogen (secondary N) is 1. The third-order valence-electron chi connectivity index (χ3n) is 5.09. The van der Waals surface area contributed by atoms with Gasteiger partial charge in [0.05, 0.1) is 0 Å². The van der Waals surface area contributed by atoms with Crippen LogP contribution in [0.2, 0.25) is 0 Å². The van der Waals surface area contributed by atoms with Crippen molar-refractivity contribution in [3.8, 4) is 5.75 Å². The van der Waals surface area contributed by atoms with Crippen LogP contribution < -0.4 is 10.1 Å². The van der Waals surface area contributed by atoms with Gasteiger partial charge in [-0.05, 0) is 47.2 Å². The fourth-order valence-corrected chi connectivity index (χ4v) is 4.31. The highest BCUT2D eigenvalue weighted by Crippen LogP contribution is 2.37. The summed E-state index contributed by atoms with van der Waals surface area (Å²) in [5.41, 5.74) is 1.70. The number of amides is 2. The quantitative estimate of drug-likeness (QED) is 0.284. The van der Waals surface area contributed by atoms with E-state index in [1.807, 2.05) is 18.2 Å². The van der Waals surface area contributed by atoms with E-state index in [1.165, 1.54) is 6.20 Å². The molecule has 2 aromatic carbocycles. The zero-order valence-electron chi connectivity index (χ0n) is 17.9. The summed E-state index contributed by atoms with van der Waals surface area (Å²) in [4.78, 5) is 53.6. The van der Waals surface area contributed by atoms with Crippen molar-refractivity contribution in [2.45, 2.75) is 17.8 Å². The lowest BCUT2D eigenvalue weighted by Gasteiger charge is -2.22. The van der Waals surface area contributed by atoms with Gasteiger partial charge in [0.25, 0.3) is 11.1 Å². The van der Waals surface area contributed by atoms with Crippen molar-refractivity contribution >= 4 is 34.7 Å². The van der Waals surface area contributed by atoms with Gasteiger partial charge in [0.2, 0.25) is 10.5 Å². The molecule has 1 fully saturated rings. The van der Waals surface area contributed by atoms with Gasteiger partial charge in [0, 0.05) is 12.6 Å². The first-order valence-corrected chi connectivity index (χ1v) is 11.2. The van der Waals surface area contributed by atoms with Gasteiger partial charge in [-0.15, -0.1) is 0 Å². The summed E-state index contributed by atoms with van der Waals surface area (Å²) < 4.78 is 9.20. The zero-order chi connectivity index (χ0) is 24.0. The monoisotopic (exact) mass is 476 g/mol. The lowest BCUT2D eigenvalue weighted by atomic mass is 9.97. The fourth-order valence-electron chi connectivity index (χ4n) is 3.33. The third kappa shape index (κ3) is 5.32. The van der Waals surface area contributed by atoms with Crippen LogP contribution in [0.1, 0.15) is 21.6 Å². The number of esters is 1. The van der Waals surface area contributed by atoms with Gasteiger partial charge in [-0.2, -0.15) is 0 Å². The predicted octanol–water partition coefficient (Wildman–Crippen LogP) is 3.35. The molecule has 0 saturated carbocycles. The van der Waals surface area contributed by atoms with Crippen LogP contribution >= 0.6 is 11.8 Å². The number of rotatable bonds is 9. The van der Waals surface area contributed by atoms with Gasteiger partial charge in [0.1, 0.15) is 18.1 Å². The first kappa shape index (κ1) is 23.2. The smallest absolute Gasteiger partial charge is 0.333 e. The molecule has 0 bridgehead atoms. The third-order valence-corrected chi connectivity index (χ3v) is 6.22. The normalized spacial score (nSPS) is 17.2. The number of hydrogen-bond acceptors (Lipinski definition) is 8. The number of aromatic nitrogens is 1. The second kappa shape index (κ2) is 10.3. The molecule has 9 heteroatoms. The van der Waals surface area contributed by atoms with E-state index in [-0.39, 0.29) is 25.4 Å². The Morgan fingerprint density at radius 2 is 1.65 bits per heavy atom. The molecule has 0 spiro atoms. The molecular formula is C25H20N2O6S. The number of ketones is 1. The van der Waals surface area contributed by atoms with E-state index in [1.54, 1.807) is 54.6 Å². The highest BCUT2D eigenvalue weighted by molar-refractivity contribution is 8.16. The molecule has 3 aromatic rings. The Labute approximate surface area is 199 Å².